The third-order valence-corrected chi connectivity index (χ3v) is 4.85. The van der Waals surface area contributed by atoms with Crippen molar-refractivity contribution < 1.29 is 4.79 Å². The number of alkyl halides is 1. The minimum absolute atomic E-state index is 0.122. The second-order valence-corrected chi connectivity index (χ2v) is 6.50. The first-order valence-electron chi connectivity index (χ1n) is 8.35. The van der Waals surface area contributed by atoms with Gasteiger partial charge >= 0.3 is 0 Å². The lowest BCUT2D eigenvalue weighted by Gasteiger charge is -2.27. The average molecular weight is 370 g/mol. The van der Waals surface area contributed by atoms with E-state index in [1.807, 2.05) is 50.2 Å². The molecule has 1 aromatic heterocycles. The van der Waals surface area contributed by atoms with E-state index in [0.29, 0.717) is 16.7 Å². The van der Waals surface area contributed by atoms with Crippen molar-refractivity contribution in [3.8, 4) is 5.69 Å². The van der Waals surface area contributed by atoms with Crippen LogP contribution in [0.3, 0.4) is 0 Å². The number of para-hydroxylation sites is 2. The Morgan fingerprint density at radius 2 is 1.85 bits per heavy atom. The van der Waals surface area contributed by atoms with Crippen molar-refractivity contribution in [3.63, 3.8) is 0 Å². The minimum Gasteiger partial charge on any atom is -0.335 e. The van der Waals surface area contributed by atoms with Gasteiger partial charge in [-0.1, -0.05) is 30.3 Å². The quantitative estimate of drug-likeness (QED) is 0.662. The van der Waals surface area contributed by atoms with E-state index < -0.39 is 6.04 Å². The number of hydrogen-bond donors (Lipinski definition) is 0. The largest absolute Gasteiger partial charge is 0.335 e. The van der Waals surface area contributed by atoms with Crippen molar-refractivity contribution in [2.45, 2.75) is 19.9 Å². The summed E-state index contributed by atoms with van der Waals surface area (Å²) in [5.74, 6) is 0.158. The fourth-order valence-corrected chi connectivity index (χ4v) is 3.15. The second kappa shape index (κ2) is 7.30. The maximum absolute atomic E-state index is 13.3. The Hall–Kier alpha value is -2.66. The topological polar surface area (TPSA) is 55.2 Å². The number of amides is 1. The van der Waals surface area contributed by atoms with Gasteiger partial charge in [-0.25, -0.2) is 4.98 Å². The molecule has 0 fully saturated rings. The Kier molecular flexibility index (Phi) is 5.09. The fraction of sp³-hybridized carbons (Fsp3) is 0.250. The maximum atomic E-state index is 13.3. The zero-order chi connectivity index (χ0) is 18.8. The highest BCUT2D eigenvalue weighted by Crippen LogP contribution is 2.23. The summed E-state index contributed by atoms with van der Waals surface area (Å²) in [5.41, 5.74) is 2.16. The van der Waals surface area contributed by atoms with E-state index in [-0.39, 0.29) is 17.3 Å². The molecule has 1 atom stereocenters. The summed E-state index contributed by atoms with van der Waals surface area (Å²) in [4.78, 5) is 31.6. The van der Waals surface area contributed by atoms with Crippen LogP contribution in [0.25, 0.3) is 16.6 Å². The van der Waals surface area contributed by atoms with Gasteiger partial charge < -0.3 is 4.90 Å². The highest BCUT2D eigenvalue weighted by Gasteiger charge is 2.24. The fourth-order valence-electron chi connectivity index (χ4n) is 2.96. The highest BCUT2D eigenvalue weighted by molar-refractivity contribution is 6.27. The maximum Gasteiger partial charge on any atom is 0.266 e. The van der Waals surface area contributed by atoms with Gasteiger partial charge in [0.05, 0.1) is 22.6 Å². The summed E-state index contributed by atoms with van der Waals surface area (Å²) < 4.78 is 1.60. The molecule has 2 aromatic carbocycles. The summed E-state index contributed by atoms with van der Waals surface area (Å²) in [6, 6.07) is 14.4. The molecule has 0 saturated heterocycles. The normalized spacial score (nSPS) is 12.2. The minimum atomic E-state index is -0.418. The monoisotopic (exact) mass is 369 g/mol. The Morgan fingerprint density at radius 3 is 2.54 bits per heavy atom. The van der Waals surface area contributed by atoms with Gasteiger partial charge in [0.25, 0.3) is 5.56 Å². The Labute approximate surface area is 156 Å². The van der Waals surface area contributed by atoms with Crippen LogP contribution in [0.15, 0.2) is 53.3 Å². The molecule has 0 unspecified atom stereocenters. The molecule has 0 bridgehead atoms. The predicted molar refractivity (Wildman–Crippen MR) is 104 cm³/mol. The number of hydrogen-bond acceptors (Lipinski definition) is 3. The van der Waals surface area contributed by atoms with Crippen LogP contribution in [0.5, 0.6) is 0 Å². The molecule has 26 heavy (non-hydrogen) atoms. The van der Waals surface area contributed by atoms with E-state index in [1.54, 1.807) is 23.7 Å². The van der Waals surface area contributed by atoms with Crippen LogP contribution in [-0.4, -0.2) is 33.3 Å². The molecular formula is C20H20ClN3O2. The molecule has 0 spiro atoms. The number of aromatic nitrogens is 2. The van der Waals surface area contributed by atoms with E-state index in [2.05, 4.69) is 0 Å². The molecule has 0 aliphatic heterocycles. The molecular weight excluding hydrogens is 350 g/mol. The van der Waals surface area contributed by atoms with Crippen LogP contribution >= 0.6 is 11.6 Å². The number of nitrogens with zero attached hydrogens (tertiary/aromatic N) is 3. The number of rotatable bonds is 4. The van der Waals surface area contributed by atoms with Crippen LogP contribution < -0.4 is 5.56 Å². The molecule has 6 heteroatoms. The van der Waals surface area contributed by atoms with E-state index in [4.69, 9.17) is 16.6 Å². The number of aryl methyl sites for hydroxylation is 1. The first kappa shape index (κ1) is 18.1. The van der Waals surface area contributed by atoms with Crippen molar-refractivity contribution in [2.75, 3.05) is 12.9 Å². The highest BCUT2D eigenvalue weighted by atomic mass is 35.5. The lowest BCUT2D eigenvalue weighted by molar-refractivity contribution is -0.129. The summed E-state index contributed by atoms with van der Waals surface area (Å²) in [6.45, 7) is 3.79. The Bertz CT molecular complexity index is 1030. The van der Waals surface area contributed by atoms with Gasteiger partial charge in [-0.2, -0.15) is 0 Å². The Balaban J connectivity index is 2.34. The molecule has 0 aliphatic rings. The van der Waals surface area contributed by atoms with Gasteiger partial charge in [0.15, 0.2) is 0 Å². The van der Waals surface area contributed by atoms with Crippen molar-refractivity contribution >= 4 is 28.4 Å². The van der Waals surface area contributed by atoms with Crippen LogP contribution in [0, 0.1) is 6.92 Å². The van der Waals surface area contributed by atoms with Gasteiger partial charge in [0.1, 0.15) is 11.7 Å². The zero-order valence-corrected chi connectivity index (χ0v) is 15.7. The molecule has 0 radical (unpaired) electrons. The summed E-state index contributed by atoms with van der Waals surface area (Å²) in [6.07, 6.45) is 0. The third kappa shape index (κ3) is 3.10. The van der Waals surface area contributed by atoms with Crippen molar-refractivity contribution in [1.82, 2.24) is 14.5 Å². The van der Waals surface area contributed by atoms with E-state index in [9.17, 15) is 9.59 Å². The molecule has 5 nitrogen and oxygen atoms in total. The molecule has 1 heterocycles. The van der Waals surface area contributed by atoms with Crippen LogP contribution in [-0.2, 0) is 4.79 Å². The molecule has 0 N–H and O–H groups in total. The van der Waals surface area contributed by atoms with E-state index in [1.165, 1.54) is 4.90 Å². The molecule has 1 amide bonds. The van der Waals surface area contributed by atoms with Gasteiger partial charge in [-0.05, 0) is 37.6 Å². The van der Waals surface area contributed by atoms with Gasteiger partial charge in [-0.3, -0.25) is 14.2 Å². The van der Waals surface area contributed by atoms with Crippen LogP contribution in [0.1, 0.15) is 24.4 Å². The van der Waals surface area contributed by atoms with Crippen molar-refractivity contribution in [1.29, 1.82) is 0 Å². The van der Waals surface area contributed by atoms with Gasteiger partial charge in [-0.15, -0.1) is 11.6 Å². The molecule has 0 saturated carbocycles. The SMILES string of the molecule is Cc1ccccc1-n1c([C@H](C)N(C)C(=O)CCl)nc2ccccc2c1=O. The number of fused-ring (bicyclic) bond motifs is 1. The first-order valence-corrected chi connectivity index (χ1v) is 8.88. The van der Waals surface area contributed by atoms with E-state index in [0.717, 1.165) is 11.3 Å². The standard InChI is InChI=1S/C20H20ClN3O2/c1-13-8-4-7-11-17(13)24-19(14(2)23(3)18(25)12-21)22-16-10-6-5-9-15(16)20(24)26/h4-11,14H,12H2,1-3H3/t14-/m0/s1. The number of halogens is 1. The van der Waals surface area contributed by atoms with Crippen LogP contribution in [0.2, 0.25) is 0 Å². The third-order valence-electron chi connectivity index (χ3n) is 4.62. The van der Waals surface area contributed by atoms with E-state index >= 15 is 0 Å². The van der Waals surface area contributed by atoms with Gasteiger partial charge in [0, 0.05) is 7.05 Å². The van der Waals surface area contributed by atoms with Crippen molar-refractivity contribution in [3.05, 3.63) is 70.3 Å². The number of carbonyl (C=O) groups is 1. The lowest BCUT2D eigenvalue weighted by Crippen LogP contribution is -2.35. The number of benzene rings is 2. The van der Waals surface area contributed by atoms with Crippen LogP contribution in [0.4, 0.5) is 0 Å². The summed E-state index contributed by atoms with van der Waals surface area (Å²) >= 11 is 5.71. The average Bonchev–Trinajstić information content (AvgIpc) is 2.67. The lowest BCUT2D eigenvalue weighted by atomic mass is 10.1. The molecule has 134 valence electrons. The smallest absolute Gasteiger partial charge is 0.266 e. The predicted octanol–water partition coefficient (Wildman–Crippen LogP) is 3.45. The molecule has 3 rings (SSSR count). The molecule has 3 aromatic rings. The summed E-state index contributed by atoms with van der Waals surface area (Å²) in [7, 11) is 1.67. The Morgan fingerprint density at radius 1 is 1.19 bits per heavy atom. The number of carbonyl (C=O) groups excluding carboxylic acids is 1. The second-order valence-electron chi connectivity index (χ2n) is 6.23. The van der Waals surface area contributed by atoms with Crippen molar-refractivity contribution in [2.24, 2.45) is 0 Å². The first-order chi connectivity index (χ1) is 12.5. The summed E-state index contributed by atoms with van der Waals surface area (Å²) in [5, 5.41) is 0.540. The zero-order valence-electron chi connectivity index (χ0n) is 14.9. The van der Waals surface area contributed by atoms with Gasteiger partial charge in [0.2, 0.25) is 5.91 Å². The molecule has 0 aliphatic carbocycles.